The van der Waals surface area contributed by atoms with Crippen LogP contribution in [0.2, 0.25) is 0 Å². The van der Waals surface area contributed by atoms with Gasteiger partial charge in [0.15, 0.2) is 11.6 Å². The molecule has 0 saturated carbocycles. The monoisotopic (exact) mass is 584 g/mol. The van der Waals surface area contributed by atoms with Gasteiger partial charge in [0.1, 0.15) is 0 Å². The summed E-state index contributed by atoms with van der Waals surface area (Å²) in [7, 11) is 0.721. The number of nitrogens with zero attached hydrogens (tertiary/aromatic N) is 7. The first-order valence-corrected chi connectivity index (χ1v) is 16.2. The van der Waals surface area contributed by atoms with Crippen LogP contribution in [0.15, 0.2) is 30.5 Å². The number of piperazine rings is 1. The topological polar surface area (TPSA) is 111 Å². The SMILES string of the molecule is CN(C)CCCS(=O)(=O)N1CCN(Cc2cc3nc(-c4cccc5[nH]ncc45)nc(N4CCOCC4)c3s2)CC1. The molecule has 11 nitrogen and oxygen atoms in total. The summed E-state index contributed by atoms with van der Waals surface area (Å²) in [6.45, 7) is 6.99. The van der Waals surface area contributed by atoms with Gasteiger partial charge in [0.25, 0.3) is 0 Å². The number of morpholine rings is 1. The Morgan fingerprint density at radius 2 is 1.88 bits per heavy atom. The van der Waals surface area contributed by atoms with Crippen LogP contribution in [0.3, 0.4) is 0 Å². The first kappa shape index (κ1) is 27.5. The Morgan fingerprint density at radius 3 is 2.65 bits per heavy atom. The number of sulfonamides is 1. The summed E-state index contributed by atoms with van der Waals surface area (Å²) >= 11 is 1.74. The normalized spacial score (nSPS) is 17.9. The molecule has 2 fully saturated rings. The highest BCUT2D eigenvalue weighted by Crippen LogP contribution is 2.36. The molecule has 5 heterocycles. The third kappa shape index (κ3) is 5.85. The quantitative estimate of drug-likeness (QED) is 0.317. The Morgan fingerprint density at radius 1 is 1.07 bits per heavy atom. The van der Waals surface area contributed by atoms with Crippen molar-refractivity contribution < 1.29 is 13.2 Å². The van der Waals surface area contributed by atoms with Gasteiger partial charge in [-0.2, -0.15) is 9.40 Å². The average Bonchev–Trinajstić information content (AvgIpc) is 3.59. The van der Waals surface area contributed by atoms with E-state index in [0.717, 1.165) is 71.8 Å². The second kappa shape index (κ2) is 11.7. The van der Waals surface area contributed by atoms with Crippen molar-refractivity contribution in [2.24, 2.45) is 0 Å². The Labute approximate surface area is 238 Å². The third-order valence-electron chi connectivity index (χ3n) is 7.55. The molecule has 2 aliphatic heterocycles. The molecule has 13 heteroatoms. The lowest BCUT2D eigenvalue weighted by Crippen LogP contribution is -2.48. The minimum atomic E-state index is -3.21. The van der Waals surface area contributed by atoms with Gasteiger partial charge < -0.3 is 14.5 Å². The Kier molecular flexibility index (Phi) is 8.02. The second-order valence-corrected chi connectivity index (χ2v) is 13.9. The molecule has 0 amide bonds. The zero-order valence-electron chi connectivity index (χ0n) is 23.0. The number of H-pyrrole nitrogens is 1. The van der Waals surface area contributed by atoms with Crippen LogP contribution >= 0.6 is 11.3 Å². The van der Waals surface area contributed by atoms with Gasteiger partial charge in [0.2, 0.25) is 10.0 Å². The number of ether oxygens (including phenoxy) is 1. The van der Waals surface area contributed by atoms with Crippen molar-refractivity contribution in [2.45, 2.75) is 13.0 Å². The molecule has 6 rings (SSSR count). The molecular formula is C27H36N8O3S2. The van der Waals surface area contributed by atoms with Crippen LogP contribution < -0.4 is 4.90 Å². The second-order valence-electron chi connectivity index (χ2n) is 10.7. The number of aromatic nitrogens is 4. The Hall–Kier alpha value is -2.68. The molecule has 0 unspecified atom stereocenters. The molecule has 2 aliphatic rings. The Bertz CT molecular complexity index is 1570. The van der Waals surface area contributed by atoms with Gasteiger partial charge in [-0.05, 0) is 39.2 Å². The van der Waals surface area contributed by atoms with Crippen molar-refractivity contribution in [1.82, 2.24) is 34.3 Å². The van der Waals surface area contributed by atoms with E-state index in [1.165, 1.54) is 4.88 Å². The molecule has 2 saturated heterocycles. The first-order chi connectivity index (χ1) is 19.4. The number of rotatable bonds is 9. The zero-order valence-corrected chi connectivity index (χ0v) is 24.7. The molecule has 0 bridgehead atoms. The Balaban J connectivity index is 1.23. The number of hydrogen-bond acceptors (Lipinski definition) is 10. The molecule has 4 aromatic rings. The van der Waals surface area contributed by atoms with Crippen molar-refractivity contribution in [3.63, 3.8) is 0 Å². The smallest absolute Gasteiger partial charge is 0.214 e. The van der Waals surface area contributed by atoms with E-state index in [-0.39, 0.29) is 5.75 Å². The summed E-state index contributed by atoms with van der Waals surface area (Å²) in [5, 5.41) is 8.26. The summed E-state index contributed by atoms with van der Waals surface area (Å²) < 4.78 is 34.0. The van der Waals surface area contributed by atoms with Gasteiger partial charge in [0.05, 0.1) is 40.9 Å². The summed E-state index contributed by atoms with van der Waals surface area (Å²) in [6, 6.07) is 8.22. The van der Waals surface area contributed by atoms with E-state index >= 15 is 0 Å². The fraction of sp³-hybridized carbons (Fsp3) is 0.519. The van der Waals surface area contributed by atoms with E-state index < -0.39 is 10.0 Å². The molecule has 1 N–H and O–H groups in total. The number of hydrogen-bond donors (Lipinski definition) is 1. The highest BCUT2D eigenvalue weighted by Gasteiger charge is 2.27. The van der Waals surface area contributed by atoms with E-state index in [4.69, 9.17) is 14.7 Å². The van der Waals surface area contributed by atoms with E-state index in [1.54, 1.807) is 15.6 Å². The molecule has 1 aromatic carbocycles. The third-order valence-corrected chi connectivity index (χ3v) is 10.6. The van der Waals surface area contributed by atoms with Crippen LogP contribution in [-0.2, 0) is 21.3 Å². The maximum atomic E-state index is 12.8. The van der Waals surface area contributed by atoms with Crippen LogP contribution in [-0.4, -0.2) is 122 Å². The summed E-state index contributed by atoms with van der Waals surface area (Å²) in [5.41, 5.74) is 2.85. The summed E-state index contributed by atoms with van der Waals surface area (Å²) in [5.74, 6) is 1.85. The molecule has 0 aliphatic carbocycles. The fourth-order valence-corrected chi connectivity index (χ4v) is 8.02. The van der Waals surface area contributed by atoms with Crippen molar-refractivity contribution in [3.8, 4) is 11.4 Å². The number of benzene rings is 1. The predicted octanol–water partition coefficient (Wildman–Crippen LogP) is 2.47. The van der Waals surface area contributed by atoms with E-state index in [1.807, 2.05) is 43.4 Å². The van der Waals surface area contributed by atoms with Crippen LogP contribution in [0.5, 0.6) is 0 Å². The largest absolute Gasteiger partial charge is 0.378 e. The molecule has 3 aromatic heterocycles. The molecule has 0 spiro atoms. The van der Waals surface area contributed by atoms with Crippen LogP contribution in [0.4, 0.5) is 5.82 Å². The lowest BCUT2D eigenvalue weighted by atomic mass is 10.1. The summed E-state index contributed by atoms with van der Waals surface area (Å²) in [4.78, 5) is 18.0. The van der Waals surface area contributed by atoms with Crippen molar-refractivity contribution in [3.05, 3.63) is 35.3 Å². The van der Waals surface area contributed by atoms with Crippen LogP contribution in [0.1, 0.15) is 11.3 Å². The molecule has 214 valence electrons. The van der Waals surface area contributed by atoms with Gasteiger partial charge in [-0.1, -0.05) is 12.1 Å². The number of anilines is 1. The van der Waals surface area contributed by atoms with E-state index in [9.17, 15) is 8.42 Å². The standard InChI is InChI=1S/C27H36N8O3S2/c1-32(2)7-4-16-40(36,37)35-10-8-33(9-11-35)19-20-17-24-25(39-20)27(34-12-14-38-15-13-34)30-26(29-24)21-5-3-6-23-22(21)18-28-31-23/h3,5-6,17-18H,4,7-16,19H2,1-2H3,(H,28,31). The average molecular weight is 585 g/mol. The number of aromatic amines is 1. The zero-order chi connectivity index (χ0) is 27.7. The lowest BCUT2D eigenvalue weighted by molar-refractivity contribution is 0.122. The van der Waals surface area contributed by atoms with Crippen LogP contribution in [0, 0.1) is 0 Å². The van der Waals surface area contributed by atoms with Crippen LogP contribution in [0.25, 0.3) is 32.5 Å². The predicted molar refractivity (Wildman–Crippen MR) is 159 cm³/mol. The molecule has 40 heavy (non-hydrogen) atoms. The number of fused-ring (bicyclic) bond motifs is 2. The fourth-order valence-electron chi connectivity index (χ4n) is 5.39. The highest BCUT2D eigenvalue weighted by atomic mass is 32.2. The minimum absolute atomic E-state index is 0.208. The van der Waals surface area contributed by atoms with Crippen molar-refractivity contribution >= 4 is 48.3 Å². The van der Waals surface area contributed by atoms with Gasteiger partial charge >= 0.3 is 0 Å². The summed E-state index contributed by atoms with van der Waals surface area (Å²) in [6.07, 6.45) is 2.48. The van der Waals surface area contributed by atoms with Crippen molar-refractivity contribution in [1.29, 1.82) is 0 Å². The first-order valence-electron chi connectivity index (χ1n) is 13.8. The minimum Gasteiger partial charge on any atom is -0.378 e. The lowest BCUT2D eigenvalue weighted by Gasteiger charge is -2.33. The molecule has 0 atom stereocenters. The van der Waals surface area contributed by atoms with Gasteiger partial charge in [-0.15, -0.1) is 11.3 Å². The van der Waals surface area contributed by atoms with E-state index in [2.05, 4.69) is 26.1 Å². The van der Waals surface area contributed by atoms with Gasteiger partial charge in [0, 0.05) is 61.6 Å². The van der Waals surface area contributed by atoms with E-state index in [0.29, 0.717) is 38.5 Å². The van der Waals surface area contributed by atoms with Gasteiger partial charge in [-0.25, -0.2) is 18.4 Å². The van der Waals surface area contributed by atoms with Gasteiger partial charge in [-0.3, -0.25) is 10.00 Å². The molecule has 0 radical (unpaired) electrons. The number of thiophene rings is 1. The molecular weight excluding hydrogens is 548 g/mol. The maximum absolute atomic E-state index is 12.8. The highest BCUT2D eigenvalue weighted by molar-refractivity contribution is 7.89. The maximum Gasteiger partial charge on any atom is 0.214 e. The van der Waals surface area contributed by atoms with Crippen molar-refractivity contribution in [2.75, 3.05) is 83.8 Å². The number of nitrogens with one attached hydrogen (secondary N) is 1.